The van der Waals surface area contributed by atoms with Gasteiger partial charge in [-0.25, -0.2) is 0 Å². The fraction of sp³-hybridized carbons (Fsp3) is 0.333. The number of unbranched alkanes of at least 4 members (excludes halogenated alkanes) is 2. The molecule has 0 unspecified atom stereocenters. The minimum atomic E-state index is 0.205. The molecule has 0 bridgehead atoms. The Balaban J connectivity index is 2.05. The summed E-state index contributed by atoms with van der Waals surface area (Å²) in [5.41, 5.74) is 7.90. The first-order chi connectivity index (χ1) is 14.5. The van der Waals surface area contributed by atoms with Crippen LogP contribution in [0.5, 0.6) is 0 Å². The van der Waals surface area contributed by atoms with Crippen molar-refractivity contribution in [1.82, 2.24) is 10.2 Å². The Morgan fingerprint density at radius 2 is 1.90 bits per heavy atom. The van der Waals surface area contributed by atoms with Crippen molar-refractivity contribution in [3.63, 3.8) is 0 Å². The zero-order valence-corrected chi connectivity index (χ0v) is 18.4. The molecular formula is C24H27ClN4O. The monoisotopic (exact) mass is 422 g/mol. The summed E-state index contributed by atoms with van der Waals surface area (Å²) in [7, 11) is 0. The minimum absolute atomic E-state index is 0.205. The highest BCUT2D eigenvalue weighted by atomic mass is 35.5. The second-order valence-corrected chi connectivity index (χ2v) is 7.93. The van der Waals surface area contributed by atoms with Gasteiger partial charge in [0.25, 0.3) is 0 Å². The number of anilines is 2. The summed E-state index contributed by atoms with van der Waals surface area (Å²) >= 11 is 6.34. The number of H-pyrrole nitrogens is 1. The van der Waals surface area contributed by atoms with Crippen LogP contribution in [0.2, 0.25) is 5.02 Å². The average molecular weight is 423 g/mol. The number of aromatic nitrogens is 2. The molecule has 2 N–H and O–H groups in total. The third kappa shape index (κ3) is 4.67. The molecule has 0 atom stereocenters. The molecule has 156 valence electrons. The third-order valence-corrected chi connectivity index (χ3v) is 5.65. The lowest BCUT2D eigenvalue weighted by Gasteiger charge is -2.28. The van der Waals surface area contributed by atoms with E-state index in [1.54, 1.807) is 6.07 Å². The molecule has 6 heteroatoms. The highest BCUT2D eigenvalue weighted by molar-refractivity contribution is 6.32. The Labute approximate surface area is 182 Å². The lowest BCUT2D eigenvalue weighted by molar-refractivity contribution is 0.283. The molecule has 2 aromatic carbocycles. The topological polar surface area (TPSA) is 75.9 Å². The van der Waals surface area contributed by atoms with Gasteiger partial charge in [0, 0.05) is 35.8 Å². The van der Waals surface area contributed by atoms with Gasteiger partial charge in [0.1, 0.15) is 6.07 Å². The normalized spacial score (nSPS) is 10.8. The first-order valence-electron chi connectivity index (χ1n) is 10.2. The largest absolute Gasteiger partial charge is 0.396 e. The van der Waals surface area contributed by atoms with Gasteiger partial charge in [-0.1, -0.05) is 23.7 Å². The van der Waals surface area contributed by atoms with Gasteiger partial charge >= 0.3 is 0 Å². The van der Waals surface area contributed by atoms with E-state index >= 15 is 0 Å². The molecule has 0 saturated heterocycles. The number of aliphatic hydroxyl groups excluding tert-OH is 1. The van der Waals surface area contributed by atoms with Crippen molar-refractivity contribution in [2.75, 3.05) is 18.1 Å². The number of aliphatic hydroxyl groups is 1. The summed E-state index contributed by atoms with van der Waals surface area (Å²) in [5.74, 6) is 0. The van der Waals surface area contributed by atoms with Crippen LogP contribution < -0.4 is 4.90 Å². The van der Waals surface area contributed by atoms with Crippen molar-refractivity contribution in [1.29, 1.82) is 5.26 Å². The maximum Gasteiger partial charge on any atom is 0.101 e. The number of nitriles is 1. The van der Waals surface area contributed by atoms with Crippen LogP contribution in [0.4, 0.5) is 11.4 Å². The summed E-state index contributed by atoms with van der Waals surface area (Å²) in [4.78, 5) is 2.24. The predicted octanol–water partition coefficient (Wildman–Crippen LogP) is 5.83. The molecule has 0 aliphatic carbocycles. The van der Waals surface area contributed by atoms with Crippen LogP contribution in [0.3, 0.4) is 0 Å². The molecule has 0 radical (unpaired) electrons. The van der Waals surface area contributed by atoms with Crippen LogP contribution in [-0.2, 0) is 0 Å². The van der Waals surface area contributed by atoms with E-state index in [2.05, 4.69) is 46.3 Å². The molecule has 0 spiro atoms. The fourth-order valence-electron chi connectivity index (χ4n) is 3.74. The Bertz CT molecular complexity index is 1050. The zero-order valence-electron chi connectivity index (χ0n) is 17.7. The van der Waals surface area contributed by atoms with E-state index in [0.29, 0.717) is 10.6 Å². The van der Waals surface area contributed by atoms with Crippen LogP contribution in [0, 0.1) is 32.1 Å². The van der Waals surface area contributed by atoms with Crippen molar-refractivity contribution in [3.05, 3.63) is 63.9 Å². The van der Waals surface area contributed by atoms with Gasteiger partial charge in [0.05, 0.1) is 16.3 Å². The fourth-order valence-corrected chi connectivity index (χ4v) is 3.96. The zero-order chi connectivity index (χ0) is 21.7. The number of hydrogen-bond donors (Lipinski definition) is 2. The summed E-state index contributed by atoms with van der Waals surface area (Å²) in [6.07, 6.45) is 2.66. The second-order valence-electron chi connectivity index (χ2n) is 7.52. The Morgan fingerprint density at radius 3 is 2.53 bits per heavy atom. The molecular weight excluding hydrogens is 396 g/mol. The number of halogens is 1. The number of hydrogen-bond acceptors (Lipinski definition) is 4. The maximum atomic E-state index is 9.22. The number of benzene rings is 2. The molecule has 0 saturated carbocycles. The van der Waals surface area contributed by atoms with Crippen LogP contribution >= 0.6 is 11.6 Å². The van der Waals surface area contributed by atoms with Gasteiger partial charge in [-0.05, 0) is 75.4 Å². The average Bonchev–Trinajstić information content (AvgIpc) is 3.07. The van der Waals surface area contributed by atoms with E-state index in [0.717, 1.165) is 65.3 Å². The van der Waals surface area contributed by atoms with E-state index in [9.17, 15) is 5.26 Å². The summed E-state index contributed by atoms with van der Waals surface area (Å²) < 4.78 is 0. The Morgan fingerprint density at radius 1 is 1.10 bits per heavy atom. The lowest BCUT2D eigenvalue weighted by atomic mass is 10.00. The number of nitrogens with one attached hydrogen (secondary N) is 1. The Kier molecular flexibility index (Phi) is 7.15. The van der Waals surface area contributed by atoms with Gasteiger partial charge in [0.15, 0.2) is 0 Å². The lowest BCUT2D eigenvalue weighted by Crippen LogP contribution is -2.19. The standard InChI is InChI=1S/C24H27ClN4O/c1-16-7-8-19(24-17(2)27-28-18(24)3)13-23(16)29(11-5-4-6-12-30)21-10-9-20(15-26)22(25)14-21/h7-10,13-14,30H,4-6,11-12H2,1-3H3,(H,27,28). The van der Waals surface area contributed by atoms with Crippen molar-refractivity contribution in [2.24, 2.45) is 0 Å². The van der Waals surface area contributed by atoms with Crippen LogP contribution in [0.1, 0.15) is 41.8 Å². The molecule has 30 heavy (non-hydrogen) atoms. The van der Waals surface area contributed by atoms with Crippen LogP contribution in [-0.4, -0.2) is 28.5 Å². The van der Waals surface area contributed by atoms with E-state index < -0.39 is 0 Å². The van der Waals surface area contributed by atoms with E-state index in [1.807, 2.05) is 26.0 Å². The first kappa shape index (κ1) is 21.9. The molecule has 3 rings (SSSR count). The van der Waals surface area contributed by atoms with Crippen LogP contribution in [0.25, 0.3) is 11.1 Å². The van der Waals surface area contributed by atoms with E-state index in [4.69, 9.17) is 16.7 Å². The molecule has 3 aromatic rings. The molecule has 1 aromatic heterocycles. The van der Waals surface area contributed by atoms with Gasteiger partial charge in [-0.15, -0.1) is 0 Å². The molecule has 0 fully saturated rings. The molecule has 0 amide bonds. The van der Waals surface area contributed by atoms with E-state index in [-0.39, 0.29) is 6.61 Å². The SMILES string of the molecule is Cc1ccc(-c2c(C)n[nH]c2C)cc1N(CCCCCO)c1ccc(C#N)c(Cl)c1. The molecule has 1 heterocycles. The smallest absolute Gasteiger partial charge is 0.101 e. The van der Waals surface area contributed by atoms with E-state index in [1.165, 1.54) is 0 Å². The summed E-state index contributed by atoms with van der Waals surface area (Å²) in [5, 5.41) is 26.2. The van der Waals surface area contributed by atoms with Crippen molar-refractivity contribution in [3.8, 4) is 17.2 Å². The quantitative estimate of drug-likeness (QED) is 0.448. The van der Waals surface area contributed by atoms with Crippen LogP contribution in [0.15, 0.2) is 36.4 Å². The summed E-state index contributed by atoms with van der Waals surface area (Å²) in [6, 6.07) is 14.1. The number of aryl methyl sites for hydroxylation is 3. The third-order valence-electron chi connectivity index (χ3n) is 5.34. The first-order valence-corrected chi connectivity index (χ1v) is 10.5. The minimum Gasteiger partial charge on any atom is -0.396 e. The highest BCUT2D eigenvalue weighted by Gasteiger charge is 2.17. The number of nitrogens with zero attached hydrogens (tertiary/aromatic N) is 3. The number of rotatable bonds is 8. The van der Waals surface area contributed by atoms with Gasteiger partial charge in [-0.2, -0.15) is 10.4 Å². The molecule has 0 aliphatic rings. The molecule has 5 nitrogen and oxygen atoms in total. The van der Waals surface area contributed by atoms with Gasteiger partial charge in [0.2, 0.25) is 0 Å². The molecule has 0 aliphatic heterocycles. The highest BCUT2D eigenvalue weighted by Crippen LogP contribution is 2.36. The van der Waals surface area contributed by atoms with Crippen molar-refractivity contribution in [2.45, 2.75) is 40.0 Å². The number of aromatic amines is 1. The van der Waals surface area contributed by atoms with Gasteiger partial charge in [-0.3, -0.25) is 5.10 Å². The maximum absolute atomic E-state index is 9.22. The van der Waals surface area contributed by atoms with Gasteiger partial charge < -0.3 is 10.0 Å². The predicted molar refractivity (Wildman–Crippen MR) is 122 cm³/mol. The second kappa shape index (κ2) is 9.80. The van der Waals surface area contributed by atoms with Crippen molar-refractivity contribution < 1.29 is 5.11 Å². The van der Waals surface area contributed by atoms with Crippen molar-refractivity contribution >= 4 is 23.0 Å². The Hall–Kier alpha value is -2.81. The summed E-state index contributed by atoms with van der Waals surface area (Å²) in [6.45, 7) is 7.12.